The van der Waals surface area contributed by atoms with Crippen LogP contribution in [0.15, 0.2) is 42.7 Å². The Hall–Kier alpha value is -1.40. The average molecular weight is 177 g/mol. The molecule has 0 aromatic heterocycles. The Morgan fingerprint density at radius 1 is 1.69 bits per heavy atom. The Kier molecular flexibility index (Phi) is 2.99. The first-order valence-electron chi connectivity index (χ1n) is 4.23. The van der Waals surface area contributed by atoms with Gasteiger partial charge in [-0.3, -0.25) is 0 Å². The van der Waals surface area contributed by atoms with E-state index in [-0.39, 0.29) is 5.92 Å². The number of rotatable bonds is 3. The maximum Gasteiger partial charge on any atom is 0.103 e. The first-order chi connectivity index (χ1) is 6.15. The Labute approximate surface area is 79.5 Å². The zero-order valence-corrected chi connectivity index (χ0v) is 8.21. The summed E-state index contributed by atoms with van der Waals surface area (Å²) in [5, 5.41) is 0. The molecule has 0 saturated heterocycles. The maximum absolute atomic E-state index is 5.14. The molecule has 0 saturated carbocycles. The van der Waals surface area contributed by atoms with Crippen molar-refractivity contribution in [1.82, 2.24) is 4.90 Å². The average Bonchev–Trinajstić information content (AvgIpc) is 2.46. The Balaban J connectivity index is 2.62. The van der Waals surface area contributed by atoms with Crippen molar-refractivity contribution in [3.63, 3.8) is 0 Å². The Morgan fingerprint density at radius 3 is 2.77 bits per heavy atom. The van der Waals surface area contributed by atoms with E-state index in [9.17, 15) is 0 Å². The molecule has 0 fully saturated rings. The molecule has 1 rings (SSSR count). The third kappa shape index (κ3) is 2.27. The lowest BCUT2D eigenvalue weighted by atomic mass is 10.0. The van der Waals surface area contributed by atoms with E-state index in [1.54, 1.807) is 6.26 Å². The zero-order chi connectivity index (χ0) is 9.84. The minimum atomic E-state index is 0.270. The summed E-state index contributed by atoms with van der Waals surface area (Å²) in [5.41, 5.74) is 3.98. The SMILES string of the molecule is C=C=C(CC1C=COC1=C)N(C)C. The van der Waals surface area contributed by atoms with Crippen LogP contribution in [0, 0.1) is 5.92 Å². The van der Waals surface area contributed by atoms with E-state index in [0.29, 0.717) is 0 Å². The van der Waals surface area contributed by atoms with E-state index in [2.05, 4.69) is 18.9 Å². The molecular formula is C11H15NO. The van der Waals surface area contributed by atoms with E-state index < -0.39 is 0 Å². The normalized spacial score (nSPS) is 19.5. The van der Waals surface area contributed by atoms with Gasteiger partial charge in [0.2, 0.25) is 0 Å². The largest absolute Gasteiger partial charge is 0.470 e. The van der Waals surface area contributed by atoms with Crippen LogP contribution in [0.4, 0.5) is 0 Å². The first-order valence-corrected chi connectivity index (χ1v) is 4.23. The van der Waals surface area contributed by atoms with Crippen LogP contribution < -0.4 is 0 Å². The molecule has 0 N–H and O–H groups in total. The molecule has 2 heteroatoms. The van der Waals surface area contributed by atoms with Crippen molar-refractivity contribution in [1.29, 1.82) is 0 Å². The van der Waals surface area contributed by atoms with Crippen LogP contribution in [-0.4, -0.2) is 19.0 Å². The van der Waals surface area contributed by atoms with Gasteiger partial charge in [0, 0.05) is 26.4 Å². The molecule has 70 valence electrons. The molecule has 1 unspecified atom stereocenters. The van der Waals surface area contributed by atoms with Gasteiger partial charge in [-0.2, -0.15) is 0 Å². The summed E-state index contributed by atoms with van der Waals surface area (Å²) in [7, 11) is 3.96. The van der Waals surface area contributed by atoms with Crippen molar-refractivity contribution >= 4 is 0 Å². The van der Waals surface area contributed by atoms with Gasteiger partial charge in [-0.25, -0.2) is 0 Å². The van der Waals surface area contributed by atoms with Gasteiger partial charge in [-0.1, -0.05) is 13.2 Å². The second kappa shape index (κ2) is 4.01. The second-order valence-corrected chi connectivity index (χ2v) is 3.24. The fraction of sp³-hybridized carbons (Fsp3) is 0.364. The summed E-state index contributed by atoms with van der Waals surface area (Å²) in [6, 6.07) is 0. The lowest BCUT2D eigenvalue weighted by molar-refractivity contribution is 0.337. The van der Waals surface area contributed by atoms with E-state index in [4.69, 9.17) is 4.74 Å². The lowest BCUT2D eigenvalue weighted by Gasteiger charge is -2.17. The molecule has 0 aliphatic carbocycles. The molecule has 0 spiro atoms. The van der Waals surface area contributed by atoms with Crippen molar-refractivity contribution in [2.75, 3.05) is 14.1 Å². The summed E-state index contributed by atoms with van der Waals surface area (Å²) in [6.45, 7) is 7.47. The third-order valence-electron chi connectivity index (χ3n) is 2.10. The Bertz CT molecular complexity index is 282. The summed E-state index contributed by atoms with van der Waals surface area (Å²) in [4.78, 5) is 2.01. The standard InChI is InChI=1S/C11H15NO/c1-5-11(12(3)4)8-10-6-7-13-9(10)2/h6-7,10H,1-2,8H2,3-4H3. The van der Waals surface area contributed by atoms with Crippen molar-refractivity contribution in [2.24, 2.45) is 5.92 Å². The summed E-state index contributed by atoms with van der Waals surface area (Å²) in [6.07, 6.45) is 4.54. The van der Waals surface area contributed by atoms with Gasteiger partial charge in [-0.15, -0.1) is 5.73 Å². The van der Waals surface area contributed by atoms with Crippen LogP contribution in [0.25, 0.3) is 0 Å². The highest BCUT2D eigenvalue weighted by Crippen LogP contribution is 2.26. The molecule has 1 aliphatic heterocycles. The minimum absolute atomic E-state index is 0.270. The predicted octanol–water partition coefficient (Wildman–Crippen LogP) is 2.28. The van der Waals surface area contributed by atoms with Gasteiger partial charge in [-0.05, 0) is 6.08 Å². The van der Waals surface area contributed by atoms with Gasteiger partial charge < -0.3 is 9.64 Å². The Morgan fingerprint density at radius 2 is 2.38 bits per heavy atom. The van der Waals surface area contributed by atoms with Crippen LogP contribution in [0.5, 0.6) is 0 Å². The van der Waals surface area contributed by atoms with E-state index in [0.717, 1.165) is 17.9 Å². The van der Waals surface area contributed by atoms with Crippen LogP contribution in [0.2, 0.25) is 0 Å². The van der Waals surface area contributed by atoms with E-state index >= 15 is 0 Å². The molecule has 13 heavy (non-hydrogen) atoms. The summed E-state index contributed by atoms with van der Waals surface area (Å²) >= 11 is 0. The van der Waals surface area contributed by atoms with Crippen LogP contribution >= 0.6 is 0 Å². The van der Waals surface area contributed by atoms with Crippen LogP contribution in [0.3, 0.4) is 0 Å². The molecule has 1 aliphatic rings. The fourth-order valence-electron chi connectivity index (χ4n) is 1.22. The molecule has 1 heterocycles. The highest BCUT2D eigenvalue weighted by atomic mass is 16.5. The van der Waals surface area contributed by atoms with Crippen molar-refractivity contribution in [3.05, 3.63) is 42.7 Å². The molecule has 2 nitrogen and oxygen atoms in total. The van der Waals surface area contributed by atoms with Gasteiger partial charge in [0.15, 0.2) is 0 Å². The topological polar surface area (TPSA) is 12.5 Å². The summed E-state index contributed by atoms with van der Waals surface area (Å²) in [5.74, 6) is 1.07. The fourth-order valence-corrected chi connectivity index (χ4v) is 1.22. The zero-order valence-electron chi connectivity index (χ0n) is 8.21. The smallest absolute Gasteiger partial charge is 0.103 e. The van der Waals surface area contributed by atoms with Gasteiger partial charge in [0.1, 0.15) is 5.76 Å². The highest BCUT2D eigenvalue weighted by Gasteiger charge is 2.17. The lowest BCUT2D eigenvalue weighted by Crippen LogP contribution is -2.13. The third-order valence-corrected chi connectivity index (χ3v) is 2.10. The summed E-state index contributed by atoms with van der Waals surface area (Å²) < 4.78 is 5.14. The molecule has 0 radical (unpaired) electrons. The number of ether oxygens (including phenoxy) is 1. The van der Waals surface area contributed by atoms with Gasteiger partial charge in [0.25, 0.3) is 0 Å². The quantitative estimate of drug-likeness (QED) is 0.613. The molecule has 0 aromatic rings. The van der Waals surface area contributed by atoms with E-state index in [1.807, 2.05) is 25.1 Å². The van der Waals surface area contributed by atoms with Gasteiger partial charge >= 0.3 is 0 Å². The maximum atomic E-state index is 5.14. The minimum Gasteiger partial charge on any atom is -0.470 e. The number of nitrogens with zero attached hydrogens (tertiary/aromatic N) is 1. The predicted molar refractivity (Wildman–Crippen MR) is 53.8 cm³/mol. The number of hydrogen-bond donors (Lipinski definition) is 0. The molecule has 0 bridgehead atoms. The van der Waals surface area contributed by atoms with E-state index in [1.165, 1.54) is 0 Å². The van der Waals surface area contributed by atoms with Crippen molar-refractivity contribution in [2.45, 2.75) is 6.42 Å². The second-order valence-electron chi connectivity index (χ2n) is 3.24. The number of allylic oxidation sites excluding steroid dienone is 2. The van der Waals surface area contributed by atoms with Crippen LogP contribution in [0.1, 0.15) is 6.42 Å². The monoisotopic (exact) mass is 177 g/mol. The number of hydrogen-bond acceptors (Lipinski definition) is 2. The van der Waals surface area contributed by atoms with Crippen molar-refractivity contribution in [3.8, 4) is 0 Å². The van der Waals surface area contributed by atoms with Crippen LogP contribution in [-0.2, 0) is 4.74 Å². The first kappa shape index (κ1) is 9.69. The van der Waals surface area contributed by atoms with Crippen molar-refractivity contribution < 1.29 is 4.74 Å². The highest BCUT2D eigenvalue weighted by molar-refractivity contribution is 5.14. The molecule has 0 amide bonds. The molecule has 0 aromatic carbocycles. The van der Waals surface area contributed by atoms with Gasteiger partial charge in [0.05, 0.1) is 12.0 Å². The molecular weight excluding hydrogens is 162 g/mol. The molecule has 1 atom stereocenters.